The first kappa shape index (κ1) is 16.4. The Morgan fingerprint density at radius 1 is 1.35 bits per heavy atom. The molecule has 0 spiro atoms. The van der Waals surface area contributed by atoms with Gasteiger partial charge in [0.25, 0.3) is 10.0 Å². The zero-order valence-electron chi connectivity index (χ0n) is 13.8. The Balaban J connectivity index is 2.04. The molecule has 1 aliphatic heterocycles. The number of aryl methyl sites for hydroxylation is 1. The fourth-order valence-electron chi connectivity index (χ4n) is 4.02. The molecule has 3 rings (SSSR count). The monoisotopic (exact) mass is 333 g/mol. The second kappa shape index (κ2) is 5.56. The van der Waals surface area contributed by atoms with E-state index >= 15 is 0 Å². The minimum Gasteiger partial charge on any atom is -0.377 e. The Labute approximate surface area is 138 Å². The van der Waals surface area contributed by atoms with E-state index in [4.69, 9.17) is 4.74 Å². The van der Waals surface area contributed by atoms with Gasteiger partial charge in [0.2, 0.25) is 0 Å². The van der Waals surface area contributed by atoms with Crippen LogP contribution >= 0.6 is 0 Å². The van der Waals surface area contributed by atoms with Crippen molar-refractivity contribution < 1.29 is 13.2 Å². The van der Waals surface area contributed by atoms with Crippen LogP contribution in [0.15, 0.2) is 46.2 Å². The summed E-state index contributed by atoms with van der Waals surface area (Å²) in [5.74, 6) is 0.447. The molecule has 2 fully saturated rings. The van der Waals surface area contributed by atoms with Crippen LogP contribution in [0.5, 0.6) is 0 Å². The van der Waals surface area contributed by atoms with Gasteiger partial charge in [-0.05, 0) is 38.3 Å². The third kappa shape index (κ3) is 2.37. The maximum atomic E-state index is 12.7. The molecule has 124 valence electrons. The van der Waals surface area contributed by atoms with E-state index in [9.17, 15) is 8.42 Å². The highest BCUT2D eigenvalue weighted by Crippen LogP contribution is 2.58. The fraction of sp³-hybridized carbons (Fsp3) is 0.500. The smallest absolute Gasteiger partial charge is 0.282 e. The summed E-state index contributed by atoms with van der Waals surface area (Å²) in [6.07, 6.45) is 2.48. The Morgan fingerprint density at radius 3 is 2.57 bits per heavy atom. The van der Waals surface area contributed by atoms with Crippen molar-refractivity contribution in [2.45, 2.75) is 38.2 Å². The summed E-state index contributed by atoms with van der Waals surface area (Å²) >= 11 is 0. The standard InChI is InChI=1S/C18H23NO3S/c1-5-10-18-13(3)16(11-22-14(18)4)17(18)19-23(20,21)15-8-6-12(2)7-9-15/h5-9,13-14,16H,1,10-11H2,2-4H3/t13?,14-,16?,18?/m1/s1. The molecule has 1 saturated heterocycles. The average molecular weight is 333 g/mol. The van der Waals surface area contributed by atoms with Crippen molar-refractivity contribution in [3.8, 4) is 0 Å². The lowest BCUT2D eigenvalue weighted by Crippen LogP contribution is -2.67. The number of fused-ring (bicyclic) bond motifs is 2. The van der Waals surface area contributed by atoms with Crippen LogP contribution in [0.1, 0.15) is 25.8 Å². The molecule has 1 aliphatic carbocycles. The van der Waals surface area contributed by atoms with Crippen molar-refractivity contribution in [1.29, 1.82) is 0 Å². The summed E-state index contributed by atoms with van der Waals surface area (Å²) in [6.45, 7) is 10.5. The molecule has 5 heteroatoms. The molecule has 0 N–H and O–H groups in total. The Hall–Kier alpha value is -1.46. The van der Waals surface area contributed by atoms with E-state index < -0.39 is 10.0 Å². The molecule has 0 radical (unpaired) electrons. The average Bonchev–Trinajstić information content (AvgIpc) is 2.51. The minimum atomic E-state index is -3.68. The predicted molar refractivity (Wildman–Crippen MR) is 91.1 cm³/mol. The molecular formula is C18H23NO3S. The van der Waals surface area contributed by atoms with Gasteiger partial charge in [-0.2, -0.15) is 12.8 Å². The first-order valence-corrected chi connectivity index (χ1v) is 9.41. The molecule has 1 aromatic rings. The van der Waals surface area contributed by atoms with E-state index in [1.807, 2.05) is 19.9 Å². The Kier molecular flexibility index (Phi) is 3.97. The van der Waals surface area contributed by atoms with E-state index in [0.29, 0.717) is 18.9 Å². The van der Waals surface area contributed by atoms with Gasteiger partial charge in [0.1, 0.15) is 0 Å². The quantitative estimate of drug-likeness (QED) is 0.794. The van der Waals surface area contributed by atoms with Gasteiger partial charge >= 0.3 is 0 Å². The van der Waals surface area contributed by atoms with Gasteiger partial charge in [-0.15, -0.1) is 6.58 Å². The molecule has 23 heavy (non-hydrogen) atoms. The van der Waals surface area contributed by atoms with E-state index in [1.165, 1.54) is 0 Å². The van der Waals surface area contributed by atoms with Crippen LogP contribution in [0.4, 0.5) is 0 Å². The first-order chi connectivity index (χ1) is 10.8. The zero-order chi connectivity index (χ0) is 16.8. The largest absolute Gasteiger partial charge is 0.377 e. The predicted octanol–water partition coefficient (Wildman–Crippen LogP) is 3.37. The summed E-state index contributed by atoms with van der Waals surface area (Å²) < 4.78 is 35.4. The number of benzene rings is 1. The van der Waals surface area contributed by atoms with Crippen LogP contribution in [-0.4, -0.2) is 26.8 Å². The highest BCUT2D eigenvalue weighted by atomic mass is 32.2. The van der Waals surface area contributed by atoms with Crippen molar-refractivity contribution in [1.82, 2.24) is 0 Å². The van der Waals surface area contributed by atoms with Gasteiger partial charge in [-0.25, -0.2) is 0 Å². The number of rotatable bonds is 4. The van der Waals surface area contributed by atoms with Gasteiger partial charge in [0.15, 0.2) is 0 Å². The lowest BCUT2D eigenvalue weighted by molar-refractivity contribution is -0.127. The van der Waals surface area contributed by atoms with Crippen LogP contribution in [0.25, 0.3) is 0 Å². The molecule has 1 aromatic carbocycles. The lowest BCUT2D eigenvalue weighted by atomic mass is 9.48. The minimum absolute atomic E-state index is 0.0486. The third-order valence-corrected chi connectivity index (χ3v) is 6.82. The molecule has 1 heterocycles. The summed E-state index contributed by atoms with van der Waals surface area (Å²) in [6, 6.07) is 6.82. The zero-order valence-corrected chi connectivity index (χ0v) is 14.6. The van der Waals surface area contributed by atoms with Crippen LogP contribution in [0.2, 0.25) is 0 Å². The van der Waals surface area contributed by atoms with Crippen molar-refractivity contribution in [2.24, 2.45) is 21.6 Å². The molecule has 2 bridgehead atoms. The molecule has 3 unspecified atom stereocenters. The van der Waals surface area contributed by atoms with E-state index in [0.717, 1.165) is 11.3 Å². The first-order valence-electron chi connectivity index (χ1n) is 7.97. The summed E-state index contributed by atoms with van der Waals surface area (Å²) in [5, 5.41) is 0. The second-order valence-electron chi connectivity index (χ2n) is 6.67. The second-order valence-corrected chi connectivity index (χ2v) is 8.27. The van der Waals surface area contributed by atoms with Crippen LogP contribution in [-0.2, 0) is 14.8 Å². The van der Waals surface area contributed by atoms with E-state index in [2.05, 4.69) is 17.9 Å². The summed E-state index contributed by atoms with van der Waals surface area (Å²) in [5.41, 5.74) is 1.46. The van der Waals surface area contributed by atoms with Crippen molar-refractivity contribution in [3.05, 3.63) is 42.5 Å². The van der Waals surface area contributed by atoms with Crippen LogP contribution in [0.3, 0.4) is 0 Å². The molecule has 0 amide bonds. The van der Waals surface area contributed by atoms with E-state index in [-0.39, 0.29) is 22.3 Å². The van der Waals surface area contributed by atoms with Crippen molar-refractivity contribution in [2.75, 3.05) is 6.61 Å². The molecule has 4 atom stereocenters. The van der Waals surface area contributed by atoms with Gasteiger partial charge in [0, 0.05) is 17.0 Å². The molecule has 0 aromatic heterocycles. The highest BCUT2D eigenvalue weighted by molar-refractivity contribution is 7.90. The van der Waals surface area contributed by atoms with Gasteiger partial charge < -0.3 is 4.74 Å². The number of nitrogens with zero attached hydrogens (tertiary/aromatic N) is 1. The number of sulfonamides is 1. The van der Waals surface area contributed by atoms with E-state index in [1.54, 1.807) is 24.3 Å². The van der Waals surface area contributed by atoms with Gasteiger partial charge in [0.05, 0.1) is 17.6 Å². The molecule has 1 saturated carbocycles. The Morgan fingerprint density at radius 2 is 2.00 bits per heavy atom. The number of hydrogen-bond donors (Lipinski definition) is 0. The number of ether oxygens (including phenoxy) is 1. The third-order valence-electron chi connectivity index (χ3n) is 5.51. The SMILES string of the molecule is C=CCC12C(=NS(=O)(=O)c3ccc(C)cc3)C(CO[C@@H]1C)C2C. The summed E-state index contributed by atoms with van der Waals surface area (Å²) in [4.78, 5) is 0.246. The summed E-state index contributed by atoms with van der Waals surface area (Å²) in [7, 11) is -3.68. The van der Waals surface area contributed by atoms with Gasteiger partial charge in [-0.3, -0.25) is 0 Å². The molecule has 2 aliphatic rings. The van der Waals surface area contributed by atoms with Crippen LogP contribution in [0, 0.1) is 24.2 Å². The van der Waals surface area contributed by atoms with Crippen molar-refractivity contribution >= 4 is 15.7 Å². The number of allylic oxidation sites excluding steroid dienone is 1. The maximum absolute atomic E-state index is 12.7. The fourth-order valence-corrected chi connectivity index (χ4v) is 5.17. The van der Waals surface area contributed by atoms with Crippen LogP contribution < -0.4 is 0 Å². The highest BCUT2D eigenvalue weighted by Gasteiger charge is 2.63. The topological polar surface area (TPSA) is 55.7 Å². The van der Waals surface area contributed by atoms with Crippen molar-refractivity contribution in [3.63, 3.8) is 0 Å². The maximum Gasteiger partial charge on any atom is 0.282 e. The number of hydrogen-bond acceptors (Lipinski definition) is 3. The Bertz CT molecular complexity index is 745. The lowest BCUT2D eigenvalue weighted by Gasteiger charge is -2.61. The molecular weight excluding hydrogens is 310 g/mol. The van der Waals surface area contributed by atoms with Gasteiger partial charge in [-0.1, -0.05) is 30.7 Å². The molecule has 4 nitrogen and oxygen atoms in total. The normalized spacial score (nSPS) is 34.9.